The maximum absolute atomic E-state index is 3.85. The molecular formula is C28H32BrNS. The fourth-order valence-electron chi connectivity index (χ4n) is 4.16. The van der Waals surface area contributed by atoms with Gasteiger partial charge in [-0.1, -0.05) is 93.2 Å². The maximum atomic E-state index is 3.85. The third-order valence-electron chi connectivity index (χ3n) is 5.97. The van der Waals surface area contributed by atoms with Gasteiger partial charge in [0.1, 0.15) is 0 Å². The predicted octanol–water partition coefficient (Wildman–Crippen LogP) is 9.98. The summed E-state index contributed by atoms with van der Waals surface area (Å²) in [4.78, 5) is 0. The largest absolute Gasteiger partial charge is 0.354 e. The second-order valence-electron chi connectivity index (χ2n) is 9.49. The second-order valence-corrected chi connectivity index (χ2v) is 11.5. The number of anilines is 2. The molecule has 0 amide bonds. The second kappa shape index (κ2) is 9.34. The molecule has 0 spiro atoms. The van der Waals surface area contributed by atoms with Crippen LogP contribution in [0, 0.1) is 0 Å². The highest BCUT2D eigenvalue weighted by molar-refractivity contribution is 9.10. The number of unbranched alkanes of at least 4 members (excludes halogenated alkanes) is 3. The normalized spacial score (nSPS) is 12.0. The minimum Gasteiger partial charge on any atom is -0.354 e. The summed E-state index contributed by atoms with van der Waals surface area (Å²) < 4.78 is 3.84. The van der Waals surface area contributed by atoms with Crippen LogP contribution < -0.4 is 5.32 Å². The Morgan fingerprint density at radius 3 is 2.48 bits per heavy atom. The average molecular weight is 495 g/mol. The van der Waals surface area contributed by atoms with Gasteiger partial charge in [-0.2, -0.15) is 0 Å². The first kappa shape index (κ1) is 22.4. The van der Waals surface area contributed by atoms with Crippen LogP contribution in [0.5, 0.6) is 0 Å². The monoisotopic (exact) mass is 493 g/mol. The predicted molar refractivity (Wildman–Crippen MR) is 143 cm³/mol. The van der Waals surface area contributed by atoms with E-state index in [2.05, 4.69) is 104 Å². The Bertz CT molecular complexity index is 1200. The molecular weight excluding hydrogens is 462 g/mol. The molecule has 0 saturated carbocycles. The van der Waals surface area contributed by atoms with Gasteiger partial charge in [0.25, 0.3) is 0 Å². The number of fused-ring (bicyclic) bond motifs is 3. The SMILES string of the molecule is CCCCCCc1ccc2c(sc3ccccc32)c1Nc1cc(Br)cc(C(C)(C)C)c1. The van der Waals surface area contributed by atoms with E-state index in [1.165, 1.54) is 62.7 Å². The molecule has 0 aliphatic rings. The van der Waals surface area contributed by atoms with Crippen molar-refractivity contribution >= 4 is 58.8 Å². The molecule has 4 rings (SSSR count). The van der Waals surface area contributed by atoms with Crippen molar-refractivity contribution in [2.75, 3.05) is 5.32 Å². The fraction of sp³-hybridized carbons (Fsp3) is 0.357. The van der Waals surface area contributed by atoms with Gasteiger partial charge in [-0.15, -0.1) is 11.3 Å². The van der Waals surface area contributed by atoms with Crippen LogP contribution in [0.1, 0.15) is 64.5 Å². The van der Waals surface area contributed by atoms with Crippen LogP contribution in [0.25, 0.3) is 20.2 Å². The molecule has 0 aliphatic carbocycles. The smallest absolute Gasteiger partial charge is 0.0598 e. The quantitative estimate of drug-likeness (QED) is 0.252. The van der Waals surface area contributed by atoms with E-state index < -0.39 is 0 Å². The van der Waals surface area contributed by atoms with E-state index >= 15 is 0 Å². The first-order chi connectivity index (χ1) is 14.9. The van der Waals surface area contributed by atoms with E-state index in [9.17, 15) is 0 Å². The lowest BCUT2D eigenvalue weighted by Crippen LogP contribution is -2.11. The van der Waals surface area contributed by atoms with E-state index in [0.717, 1.165) is 16.6 Å². The van der Waals surface area contributed by atoms with Crippen molar-refractivity contribution < 1.29 is 0 Å². The van der Waals surface area contributed by atoms with Gasteiger partial charge in [0.15, 0.2) is 0 Å². The van der Waals surface area contributed by atoms with Crippen LogP contribution in [0.3, 0.4) is 0 Å². The van der Waals surface area contributed by atoms with Gasteiger partial charge in [0.05, 0.1) is 10.4 Å². The van der Waals surface area contributed by atoms with Crippen molar-refractivity contribution in [1.29, 1.82) is 0 Å². The zero-order valence-electron chi connectivity index (χ0n) is 19.0. The Labute approximate surface area is 199 Å². The van der Waals surface area contributed by atoms with Gasteiger partial charge in [-0.25, -0.2) is 0 Å². The summed E-state index contributed by atoms with van der Waals surface area (Å²) in [6.45, 7) is 9.08. The van der Waals surface area contributed by atoms with Crippen LogP contribution >= 0.6 is 27.3 Å². The molecule has 0 unspecified atom stereocenters. The molecule has 0 aliphatic heterocycles. The van der Waals surface area contributed by atoms with E-state index in [1.54, 1.807) is 0 Å². The topological polar surface area (TPSA) is 12.0 Å². The zero-order valence-corrected chi connectivity index (χ0v) is 21.4. The van der Waals surface area contributed by atoms with Crippen LogP contribution in [0.2, 0.25) is 0 Å². The Kier molecular flexibility index (Phi) is 6.74. The highest BCUT2D eigenvalue weighted by Crippen LogP contribution is 2.42. The van der Waals surface area contributed by atoms with Crippen LogP contribution in [-0.4, -0.2) is 0 Å². The van der Waals surface area contributed by atoms with Crippen molar-refractivity contribution in [3.05, 3.63) is 70.2 Å². The summed E-state index contributed by atoms with van der Waals surface area (Å²) >= 11 is 5.64. The zero-order chi connectivity index (χ0) is 22.0. The summed E-state index contributed by atoms with van der Waals surface area (Å²) in [5.41, 5.74) is 5.30. The molecule has 0 bridgehead atoms. The van der Waals surface area contributed by atoms with Crippen LogP contribution in [0.15, 0.2) is 59.1 Å². The molecule has 3 heteroatoms. The first-order valence-corrected chi connectivity index (χ1v) is 13.0. The molecule has 0 atom stereocenters. The number of halogens is 1. The van der Waals surface area contributed by atoms with E-state index in [-0.39, 0.29) is 5.41 Å². The van der Waals surface area contributed by atoms with Gasteiger partial charge >= 0.3 is 0 Å². The lowest BCUT2D eigenvalue weighted by atomic mass is 9.87. The summed E-state index contributed by atoms with van der Waals surface area (Å²) in [6.07, 6.45) is 6.24. The lowest BCUT2D eigenvalue weighted by Gasteiger charge is -2.21. The summed E-state index contributed by atoms with van der Waals surface area (Å²) in [5.74, 6) is 0. The minimum absolute atomic E-state index is 0.104. The van der Waals surface area contributed by atoms with Crippen LogP contribution in [-0.2, 0) is 11.8 Å². The Hall–Kier alpha value is -1.84. The van der Waals surface area contributed by atoms with Crippen molar-refractivity contribution in [3.8, 4) is 0 Å². The molecule has 0 saturated heterocycles. The molecule has 162 valence electrons. The highest BCUT2D eigenvalue weighted by atomic mass is 79.9. The molecule has 1 aromatic heterocycles. The summed E-state index contributed by atoms with van der Waals surface area (Å²) in [6, 6.07) is 20.2. The van der Waals surface area contributed by atoms with Crippen molar-refractivity contribution in [2.45, 2.75) is 65.2 Å². The molecule has 31 heavy (non-hydrogen) atoms. The van der Waals surface area contributed by atoms with Crippen molar-refractivity contribution in [2.24, 2.45) is 0 Å². The Morgan fingerprint density at radius 1 is 0.903 bits per heavy atom. The highest BCUT2D eigenvalue weighted by Gasteiger charge is 2.17. The molecule has 1 nitrogen and oxygen atoms in total. The first-order valence-electron chi connectivity index (χ1n) is 11.4. The number of nitrogens with one attached hydrogen (secondary N) is 1. The van der Waals surface area contributed by atoms with Gasteiger partial charge in [0.2, 0.25) is 0 Å². The number of benzene rings is 3. The van der Waals surface area contributed by atoms with E-state index in [1.807, 2.05) is 11.3 Å². The molecule has 0 fully saturated rings. The van der Waals surface area contributed by atoms with Gasteiger partial charge < -0.3 is 5.32 Å². The van der Waals surface area contributed by atoms with Crippen LogP contribution in [0.4, 0.5) is 11.4 Å². The number of thiophene rings is 1. The summed E-state index contributed by atoms with van der Waals surface area (Å²) in [7, 11) is 0. The fourth-order valence-corrected chi connectivity index (χ4v) is 5.88. The van der Waals surface area contributed by atoms with Crippen molar-refractivity contribution in [3.63, 3.8) is 0 Å². The van der Waals surface area contributed by atoms with Gasteiger partial charge in [0, 0.05) is 25.6 Å². The number of rotatable bonds is 7. The number of hydrogen-bond acceptors (Lipinski definition) is 2. The Balaban J connectivity index is 1.81. The minimum atomic E-state index is 0.104. The third-order valence-corrected chi connectivity index (χ3v) is 7.63. The average Bonchev–Trinajstić information content (AvgIpc) is 3.10. The molecule has 4 aromatic rings. The number of hydrogen-bond donors (Lipinski definition) is 1. The number of aryl methyl sites for hydroxylation is 1. The van der Waals surface area contributed by atoms with E-state index in [4.69, 9.17) is 0 Å². The Morgan fingerprint density at radius 2 is 1.71 bits per heavy atom. The maximum Gasteiger partial charge on any atom is 0.0598 e. The van der Waals surface area contributed by atoms with Gasteiger partial charge in [-0.05, 0) is 53.6 Å². The molecule has 0 radical (unpaired) electrons. The van der Waals surface area contributed by atoms with Gasteiger partial charge in [-0.3, -0.25) is 0 Å². The van der Waals surface area contributed by atoms with Crippen molar-refractivity contribution in [1.82, 2.24) is 0 Å². The molecule has 3 aromatic carbocycles. The molecule has 1 N–H and O–H groups in total. The third kappa shape index (κ3) is 4.99. The lowest BCUT2D eigenvalue weighted by molar-refractivity contribution is 0.590. The standard InChI is InChI=1S/C28H32BrNS/c1-5-6-7-8-11-19-14-15-24-23-12-9-10-13-25(23)31-27(24)26(19)30-22-17-20(28(2,3)4)16-21(29)18-22/h9-10,12-18,30H,5-8,11H2,1-4H3. The van der Waals surface area contributed by atoms with E-state index in [0.29, 0.717) is 0 Å². The summed E-state index contributed by atoms with van der Waals surface area (Å²) in [5, 5.41) is 6.56. The molecule has 1 heterocycles.